The summed E-state index contributed by atoms with van der Waals surface area (Å²) >= 11 is 0. The zero-order valence-corrected chi connectivity index (χ0v) is 17.6. The number of methoxy groups -OCH3 is 1. The number of pyridine rings is 1. The maximum absolute atomic E-state index is 12.8. The van der Waals surface area contributed by atoms with Gasteiger partial charge in [0.15, 0.2) is 0 Å². The zero-order valence-electron chi connectivity index (χ0n) is 17.6. The summed E-state index contributed by atoms with van der Waals surface area (Å²) in [5.74, 6) is 0.724. The van der Waals surface area contributed by atoms with Crippen LogP contribution in [0.4, 0.5) is 5.82 Å². The van der Waals surface area contributed by atoms with Crippen molar-refractivity contribution in [2.24, 2.45) is 13.0 Å². The van der Waals surface area contributed by atoms with Gasteiger partial charge in [0.25, 0.3) is 0 Å². The van der Waals surface area contributed by atoms with Gasteiger partial charge < -0.3 is 15.4 Å². The molecule has 1 saturated carbocycles. The Labute approximate surface area is 176 Å². The highest BCUT2D eigenvalue weighted by Crippen LogP contribution is 2.27. The second kappa shape index (κ2) is 9.36. The predicted octanol–water partition coefficient (Wildman–Crippen LogP) is 3.37. The fourth-order valence-corrected chi connectivity index (χ4v) is 4.11. The Kier molecular flexibility index (Phi) is 6.40. The van der Waals surface area contributed by atoms with Crippen LogP contribution in [0, 0.1) is 5.92 Å². The van der Waals surface area contributed by atoms with Crippen LogP contribution in [0.3, 0.4) is 0 Å². The van der Waals surface area contributed by atoms with Gasteiger partial charge >= 0.3 is 0 Å². The number of aryl methyl sites for hydroxylation is 1. The Hall–Kier alpha value is -2.77. The summed E-state index contributed by atoms with van der Waals surface area (Å²) in [6, 6.07) is 8.66. The monoisotopic (exact) mass is 407 g/mol. The Morgan fingerprint density at radius 3 is 2.70 bits per heavy atom. The third kappa shape index (κ3) is 4.86. The minimum Gasteiger partial charge on any atom is -0.383 e. The number of carbonyl (C=O) groups is 1. The lowest BCUT2D eigenvalue weighted by molar-refractivity contribution is -0.120. The van der Waals surface area contributed by atoms with Crippen molar-refractivity contribution in [3.8, 4) is 11.1 Å². The van der Waals surface area contributed by atoms with Gasteiger partial charge in [-0.2, -0.15) is 5.10 Å². The molecule has 0 radical (unpaired) electrons. The van der Waals surface area contributed by atoms with Crippen molar-refractivity contribution < 1.29 is 9.53 Å². The average Bonchev–Trinajstić information content (AvgIpc) is 3.20. The largest absolute Gasteiger partial charge is 0.383 e. The van der Waals surface area contributed by atoms with Gasteiger partial charge in [-0.15, -0.1) is 0 Å². The number of benzene rings is 1. The van der Waals surface area contributed by atoms with Crippen molar-refractivity contribution >= 4 is 22.5 Å². The van der Waals surface area contributed by atoms with Gasteiger partial charge in [-0.25, -0.2) is 4.98 Å². The molecule has 0 aliphatic heterocycles. The molecule has 2 N–H and O–H groups in total. The highest BCUT2D eigenvalue weighted by atomic mass is 16.5. The van der Waals surface area contributed by atoms with E-state index in [0.717, 1.165) is 60.7 Å². The molecule has 7 nitrogen and oxygen atoms in total. The zero-order chi connectivity index (χ0) is 20.9. The first-order valence-corrected chi connectivity index (χ1v) is 10.5. The number of amides is 1. The number of hydrogen-bond acceptors (Lipinski definition) is 5. The molecule has 0 unspecified atom stereocenters. The maximum Gasteiger partial charge on any atom is 0.228 e. The van der Waals surface area contributed by atoms with E-state index in [1.807, 2.05) is 37.8 Å². The van der Waals surface area contributed by atoms with E-state index in [1.54, 1.807) is 11.8 Å². The lowest BCUT2D eigenvalue weighted by Gasteiger charge is -2.28. The van der Waals surface area contributed by atoms with Gasteiger partial charge in [0.2, 0.25) is 5.91 Å². The Morgan fingerprint density at radius 1 is 1.13 bits per heavy atom. The van der Waals surface area contributed by atoms with Crippen molar-refractivity contribution in [2.45, 2.75) is 31.7 Å². The van der Waals surface area contributed by atoms with Crippen molar-refractivity contribution in [3.05, 3.63) is 42.9 Å². The minimum atomic E-state index is 0.0460. The number of rotatable bonds is 7. The molecule has 158 valence electrons. The van der Waals surface area contributed by atoms with Crippen molar-refractivity contribution in [2.75, 3.05) is 25.6 Å². The number of nitrogens with one attached hydrogen (secondary N) is 2. The first kappa shape index (κ1) is 20.5. The Bertz CT molecular complexity index is 1010. The molecule has 3 aromatic rings. The average molecular weight is 408 g/mol. The molecule has 0 spiro atoms. The number of ether oxygens (including phenoxy) is 1. The molecule has 30 heavy (non-hydrogen) atoms. The summed E-state index contributed by atoms with van der Waals surface area (Å²) in [6.07, 6.45) is 9.49. The fourth-order valence-electron chi connectivity index (χ4n) is 4.11. The van der Waals surface area contributed by atoms with E-state index < -0.39 is 0 Å². The minimum absolute atomic E-state index is 0.0460. The van der Waals surface area contributed by atoms with Crippen LogP contribution in [-0.2, 0) is 16.6 Å². The third-order valence-electron chi connectivity index (χ3n) is 5.85. The highest BCUT2D eigenvalue weighted by molar-refractivity contribution is 5.95. The van der Waals surface area contributed by atoms with Crippen LogP contribution >= 0.6 is 0 Å². The van der Waals surface area contributed by atoms with Gasteiger partial charge in [0.05, 0.1) is 12.8 Å². The van der Waals surface area contributed by atoms with Gasteiger partial charge in [-0.1, -0.05) is 12.1 Å². The van der Waals surface area contributed by atoms with Crippen LogP contribution in [0.25, 0.3) is 21.9 Å². The SMILES string of the molecule is COCCN[C@H]1CC[C@H](C(=O)Nc2cc3cc(-c4cnn(C)c4)ccc3cn2)CC1. The third-order valence-corrected chi connectivity index (χ3v) is 5.85. The molecule has 0 saturated heterocycles. The van der Waals surface area contributed by atoms with Crippen molar-refractivity contribution in [1.82, 2.24) is 20.1 Å². The van der Waals surface area contributed by atoms with Gasteiger partial charge in [-0.3, -0.25) is 9.48 Å². The molecule has 1 fully saturated rings. The fraction of sp³-hybridized carbons (Fsp3) is 0.435. The molecule has 0 bridgehead atoms. The smallest absolute Gasteiger partial charge is 0.228 e. The van der Waals surface area contributed by atoms with Crippen molar-refractivity contribution in [3.63, 3.8) is 0 Å². The molecule has 2 heterocycles. The van der Waals surface area contributed by atoms with Crippen LogP contribution in [0.1, 0.15) is 25.7 Å². The normalized spacial score (nSPS) is 19.1. The van der Waals surface area contributed by atoms with E-state index >= 15 is 0 Å². The number of anilines is 1. The second-order valence-corrected chi connectivity index (χ2v) is 8.02. The molecule has 0 atom stereocenters. The van der Waals surface area contributed by atoms with Gasteiger partial charge in [0.1, 0.15) is 5.82 Å². The molecule has 1 aliphatic carbocycles. The van der Waals surface area contributed by atoms with Crippen LogP contribution in [0.2, 0.25) is 0 Å². The van der Waals surface area contributed by atoms with E-state index in [2.05, 4.69) is 32.8 Å². The number of aromatic nitrogens is 3. The first-order valence-electron chi connectivity index (χ1n) is 10.5. The number of nitrogens with zero attached hydrogens (tertiary/aromatic N) is 3. The topological polar surface area (TPSA) is 81.1 Å². The van der Waals surface area contributed by atoms with Crippen LogP contribution < -0.4 is 10.6 Å². The van der Waals surface area contributed by atoms with Gasteiger partial charge in [0, 0.05) is 56.0 Å². The number of fused-ring (bicyclic) bond motifs is 1. The summed E-state index contributed by atoms with van der Waals surface area (Å²) in [5.41, 5.74) is 2.16. The standard InChI is InChI=1S/C23H29N5O2/c1-28-15-20(14-26-28)17-3-4-18-13-25-22(12-19(18)11-17)27-23(29)16-5-7-21(8-6-16)24-9-10-30-2/h3-4,11-16,21,24H,5-10H2,1-2H3,(H,25,27,29)/t16-,21-. The molecule has 7 heteroatoms. The Morgan fingerprint density at radius 2 is 1.97 bits per heavy atom. The van der Waals surface area contributed by atoms with E-state index in [0.29, 0.717) is 11.9 Å². The van der Waals surface area contributed by atoms with Crippen LogP contribution in [0.15, 0.2) is 42.9 Å². The summed E-state index contributed by atoms with van der Waals surface area (Å²) in [4.78, 5) is 17.2. The second-order valence-electron chi connectivity index (χ2n) is 8.02. The summed E-state index contributed by atoms with van der Waals surface area (Å²) in [6.45, 7) is 1.58. The summed E-state index contributed by atoms with van der Waals surface area (Å²) in [5, 5.41) is 12.9. The van der Waals surface area contributed by atoms with E-state index in [-0.39, 0.29) is 11.8 Å². The van der Waals surface area contributed by atoms with E-state index in [9.17, 15) is 4.79 Å². The maximum atomic E-state index is 12.8. The predicted molar refractivity (Wildman–Crippen MR) is 118 cm³/mol. The quantitative estimate of drug-likeness (QED) is 0.587. The summed E-state index contributed by atoms with van der Waals surface area (Å²) in [7, 11) is 3.62. The lowest BCUT2D eigenvalue weighted by atomic mass is 9.85. The number of carbonyl (C=O) groups excluding carboxylic acids is 1. The molecule has 4 rings (SSSR count). The van der Waals surface area contributed by atoms with Crippen LogP contribution in [0.5, 0.6) is 0 Å². The molecule has 1 aliphatic rings. The first-order chi connectivity index (χ1) is 14.6. The van der Waals surface area contributed by atoms with Crippen molar-refractivity contribution in [1.29, 1.82) is 0 Å². The lowest BCUT2D eigenvalue weighted by Crippen LogP contribution is -2.37. The van der Waals surface area contributed by atoms with E-state index in [1.165, 1.54) is 0 Å². The summed E-state index contributed by atoms with van der Waals surface area (Å²) < 4.78 is 6.88. The van der Waals surface area contributed by atoms with Gasteiger partial charge in [-0.05, 0) is 48.8 Å². The molecular formula is C23H29N5O2. The Balaban J connectivity index is 1.39. The highest BCUT2D eigenvalue weighted by Gasteiger charge is 2.26. The molecule has 1 aromatic carbocycles. The molecule has 1 amide bonds. The number of hydrogen-bond donors (Lipinski definition) is 2. The molecular weight excluding hydrogens is 378 g/mol. The molecule has 2 aromatic heterocycles. The van der Waals surface area contributed by atoms with Crippen LogP contribution in [-0.4, -0.2) is 47.0 Å². The van der Waals surface area contributed by atoms with E-state index in [4.69, 9.17) is 4.74 Å².